The number of sulfonamides is 1. The lowest BCUT2D eigenvalue weighted by molar-refractivity contribution is 0.247. The number of imidazole rings is 1. The molecule has 1 N–H and O–H groups in total. The highest BCUT2D eigenvalue weighted by Gasteiger charge is 2.20. The number of aromatic nitrogens is 3. The molecule has 0 aliphatic carbocycles. The molecule has 1 saturated heterocycles. The van der Waals surface area contributed by atoms with Crippen LogP contribution in [0, 0.1) is 0 Å². The van der Waals surface area contributed by atoms with Crippen molar-refractivity contribution in [2.45, 2.75) is 24.2 Å². The first-order valence-electron chi connectivity index (χ1n) is 7.32. The maximum atomic E-state index is 12.2. The Bertz CT molecular complexity index is 765. The normalized spacial score (nSPS) is 15.4. The second-order valence-electron chi connectivity index (χ2n) is 5.28. The first-order chi connectivity index (χ1) is 11.1. The molecule has 122 valence electrons. The van der Waals surface area contributed by atoms with Gasteiger partial charge in [0.2, 0.25) is 0 Å². The number of hydrogen-bond donors (Lipinski definition) is 1. The quantitative estimate of drug-likeness (QED) is 0.905. The third-order valence-electron chi connectivity index (χ3n) is 3.67. The van der Waals surface area contributed by atoms with Gasteiger partial charge in [-0.15, -0.1) is 0 Å². The Kier molecular flexibility index (Phi) is 4.28. The van der Waals surface area contributed by atoms with Gasteiger partial charge in [0.05, 0.1) is 0 Å². The summed E-state index contributed by atoms with van der Waals surface area (Å²) in [7, 11) is -3.96. The standard InChI is InChI=1S/C14H17N5O3S/c20-14(19-9-6-15-11-19)17-23(21,22)12-4-5-13(16-10-12)18-7-2-1-3-8-18/h4-6,9-11H,1-3,7-8H2,(H,17,20). The van der Waals surface area contributed by atoms with Crippen LogP contribution in [-0.4, -0.2) is 42.1 Å². The maximum absolute atomic E-state index is 12.2. The highest BCUT2D eigenvalue weighted by atomic mass is 32.2. The Labute approximate surface area is 134 Å². The molecule has 0 radical (unpaired) electrons. The number of nitrogens with zero attached hydrogens (tertiary/aromatic N) is 4. The number of amides is 1. The van der Waals surface area contributed by atoms with E-state index in [0.717, 1.165) is 36.3 Å². The summed E-state index contributed by atoms with van der Waals surface area (Å²) in [6.45, 7) is 1.85. The minimum absolute atomic E-state index is 0.0493. The number of hydrogen-bond acceptors (Lipinski definition) is 6. The zero-order chi connectivity index (χ0) is 16.3. The van der Waals surface area contributed by atoms with E-state index in [9.17, 15) is 13.2 Å². The van der Waals surface area contributed by atoms with E-state index in [0.29, 0.717) is 0 Å². The summed E-state index contributed by atoms with van der Waals surface area (Å²) in [6.07, 6.45) is 8.69. The van der Waals surface area contributed by atoms with Crippen LogP contribution < -0.4 is 9.62 Å². The van der Waals surface area contributed by atoms with Crippen molar-refractivity contribution in [3.8, 4) is 0 Å². The Morgan fingerprint density at radius 3 is 2.57 bits per heavy atom. The highest BCUT2D eigenvalue weighted by molar-refractivity contribution is 7.90. The summed E-state index contributed by atoms with van der Waals surface area (Å²) in [5, 5.41) is 0. The zero-order valence-corrected chi connectivity index (χ0v) is 13.2. The molecule has 2 aromatic rings. The molecule has 1 aliphatic rings. The summed E-state index contributed by atoms with van der Waals surface area (Å²) in [6, 6.07) is 2.34. The van der Waals surface area contributed by atoms with Crippen molar-refractivity contribution in [3.05, 3.63) is 37.1 Å². The van der Waals surface area contributed by atoms with Crippen molar-refractivity contribution in [1.29, 1.82) is 0 Å². The van der Waals surface area contributed by atoms with E-state index in [1.54, 1.807) is 6.07 Å². The van der Waals surface area contributed by atoms with Crippen LogP contribution in [0.1, 0.15) is 19.3 Å². The van der Waals surface area contributed by atoms with Crippen LogP contribution in [0.2, 0.25) is 0 Å². The predicted molar refractivity (Wildman–Crippen MR) is 83.6 cm³/mol. The van der Waals surface area contributed by atoms with Crippen LogP contribution in [0.5, 0.6) is 0 Å². The van der Waals surface area contributed by atoms with Gasteiger partial charge < -0.3 is 4.90 Å². The average Bonchev–Trinajstić information content (AvgIpc) is 3.10. The lowest BCUT2D eigenvalue weighted by Gasteiger charge is -2.27. The number of piperidine rings is 1. The Morgan fingerprint density at radius 2 is 1.96 bits per heavy atom. The smallest absolute Gasteiger partial charge is 0.340 e. The van der Waals surface area contributed by atoms with Crippen molar-refractivity contribution in [2.75, 3.05) is 18.0 Å². The van der Waals surface area contributed by atoms with Gasteiger partial charge >= 0.3 is 6.03 Å². The second-order valence-corrected chi connectivity index (χ2v) is 6.96. The van der Waals surface area contributed by atoms with Gasteiger partial charge in [0, 0.05) is 31.7 Å². The third-order valence-corrected chi connectivity index (χ3v) is 4.98. The number of carbonyl (C=O) groups excluding carboxylic acids is 1. The molecular formula is C14H17N5O3S. The molecule has 1 aliphatic heterocycles. The largest absolute Gasteiger partial charge is 0.357 e. The fourth-order valence-corrected chi connectivity index (χ4v) is 3.34. The fraction of sp³-hybridized carbons (Fsp3) is 0.357. The SMILES string of the molecule is O=C(NS(=O)(=O)c1ccc(N2CCCCC2)nc1)n1ccnc1. The molecule has 1 amide bonds. The minimum Gasteiger partial charge on any atom is -0.357 e. The average molecular weight is 335 g/mol. The van der Waals surface area contributed by atoms with Crippen LogP contribution in [0.15, 0.2) is 41.9 Å². The molecule has 0 aromatic carbocycles. The molecule has 8 nitrogen and oxygen atoms in total. The topological polar surface area (TPSA) is 97.2 Å². The van der Waals surface area contributed by atoms with Crippen molar-refractivity contribution in [2.24, 2.45) is 0 Å². The van der Waals surface area contributed by atoms with E-state index in [-0.39, 0.29) is 4.90 Å². The summed E-state index contributed by atoms with van der Waals surface area (Å²) in [4.78, 5) is 21.8. The van der Waals surface area contributed by atoms with Crippen LogP contribution in [0.4, 0.5) is 10.6 Å². The first-order valence-corrected chi connectivity index (χ1v) is 8.81. The molecule has 3 rings (SSSR count). The lowest BCUT2D eigenvalue weighted by atomic mass is 10.1. The van der Waals surface area contributed by atoms with E-state index in [1.165, 1.54) is 37.4 Å². The van der Waals surface area contributed by atoms with Gasteiger partial charge in [-0.25, -0.2) is 27.9 Å². The Morgan fingerprint density at radius 1 is 1.17 bits per heavy atom. The molecule has 9 heteroatoms. The molecule has 3 heterocycles. The van der Waals surface area contributed by atoms with Crippen LogP contribution in [-0.2, 0) is 10.0 Å². The molecular weight excluding hydrogens is 318 g/mol. The lowest BCUT2D eigenvalue weighted by Crippen LogP contribution is -2.34. The predicted octanol–water partition coefficient (Wildman–Crippen LogP) is 1.22. The summed E-state index contributed by atoms with van der Waals surface area (Å²) in [5.74, 6) is 0.754. The molecule has 0 atom stereocenters. The van der Waals surface area contributed by atoms with Gasteiger partial charge in [-0.2, -0.15) is 0 Å². The van der Waals surface area contributed by atoms with Crippen LogP contribution in [0.25, 0.3) is 0 Å². The number of carbonyl (C=O) groups is 1. The second kappa shape index (κ2) is 6.37. The van der Waals surface area contributed by atoms with Gasteiger partial charge in [0.1, 0.15) is 17.0 Å². The Hall–Kier alpha value is -2.42. The van der Waals surface area contributed by atoms with Crippen molar-refractivity contribution >= 4 is 21.9 Å². The molecule has 2 aromatic heterocycles. The van der Waals surface area contributed by atoms with E-state index in [1.807, 2.05) is 4.72 Å². The highest BCUT2D eigenvalue weighted by Crippen LogP contribution is 2.18. The summed E-state index contributed by atoms with van der Waals surface area (Å²) in [5.41, 5.74) is 0. The molecule has 0 spiro atoms. The van der Waals surface area contributed by atoms with Crippen LogP contribution >= 0.6 is 0 Å². The molecule has 0 bridgehead atoms. The van der Waals surface area contributed by atoms with Gasteiger partial charge in [0.15, 0.2) is 0 Å². The van der Waals surface area contributed by atoms with E-state index < -0.39 is 16.1 Å². The van der Waals surface area contributed by atoms with E-state index in [4.69, 9.17) is 0 Å². The van der Waals surface area contributed by atoms with E-state index in [2.05, 4.69) is 14.9 Å². The van der Waals surface area contributed by atoms with Crippen molar-refractivity contribution in [3.63, 3.8) is 0 Å². The molecule has 23 heavy (non-hydrogen) atoms. The van der Waals surface area contributed by atoms with Gasteiger partial charge in [-0.1, -0.05) is 0 Å². The van der Waals surface area contributed by atoms with Crippen molar-refractivity contribution < 1.29 is 13.2 Å². The van der Waals surface area contributed by atoms with Gasteiger partial charge in [-0.05, 0) is 31.4 Å². The van der Waals surface area contributed by atoms with Crippen LogP contribution in [0.3, 0.4) is 0 Å². The zero-order valence-electron chi connectivity index (χ0n) is 12.4. The molecule has 1 fully saturated rings. The monoisotopic (exact) mass is 335 g/mol. The summed E-state index contributed by atoms with van der Waals surface area (Å²) < 4.78 is 27.4. The number of pyridine rings is 1. The fourth-order valence-electron chi connectivity index (χ4n) is 2.45. The number of rotatable bonds is 3. The number of anilines is 1. The van der Waals surface area contributed by atoms with Crippen molar-refractivity contribution in [1.82, 2.24) is 19.3 Å². The van der Waals surface area contributed by atoms with Gasteiger partial charge in [0.25, 0.3) is 10.0 Å². The first kappa shape index (κ1) is 15.5. The molecule has 0 saturated carbocycles. The molecule has 0 unspecified atom stereocenters. The van der Waals surface area contributed by atoms with E-state index >= 15 is 0 Å². The maximum Gasteiger partial charge on any atom is 0.340 e. The Balaban J connectivity index is 1.73. The number of nitrogens with one attached hydrogen (secondary N) is 1. The van der Waals surface area contributed by atoms with Gasteiger partial charge in [-0.3, -0.25) is 4.57 Å². The third kappa shape index (κ3) is 3.50. The summed E-state index contributed by atoms with van der Waals surface area (Å²) >= 11 is 0. The minimum atomic E-state index is -3.96.